The number of imidazole rings is 1. The van der Waals surface area contributed by atoms with Gasteiger partial charge in [0.25, 0.3) is 7.82 Å². The van der Waals surface area contributed by atoms with Crippen LogP contribution in [-0.2, 0) is 27.3 Å². The summed E-state index contributed by atoms with van der Waals surface area (Å²) in [4.78, 5) is 54.5. The van der Waals surface area contributed by atoms with Crippen LogP contribution in [0.3, 0.4) is 0 Å². The standard InChI is InChI=1S/C14H22F2N5O12P3S.3H3N/c1-2-3-37-13-19-10(17)7-11(20-13)21(5-18-7)12-9(23)8(22)6(32-12)4-31-36(29,30)33-35(27,28)14(15,16)34(24,25)26;;;/h5-6,8-9,12,22-23H,2-4H2,1H3,(H,27,28)(H,29,30)(H2,17,19,20)(H2,24,25,26);3*1H3/t6-,8-,9-,12-;;;/m1.../s1. The van der Waals surface area contributed by atoms with Crippen LogP contribution in [-0.4, -0.2) is 70.7 Å². The summed E-state index contributed by atoms with van der Waals surface area (Å²) in [6.07, 6.45) is -4.83. The zero-order valence-electron chi connectivity index (χ0n) is 21.4. The van der Waals surface area contributed by atoms with Gasteiger partial charge in [-0.2, -0.15) is 8.78 Å². The lowest BCUT2D eigenvalue weighted by Crippen LogP contribution is -2.34. The molecule has 1 aliphatic rings. The number of nitrogens with two attached hydrogens (primary N) is 1. The van der Waals surface area contributed by atoms with Gasteiger partial charge in [0.1, 0.15) is 23.8 Å². The second-order valence-corrected chi connectivity index (χ2v) is 13.8. The molecule has 20 nitrogen and oxygen atoms in total. The quantitative estimate of drug-likeness (QED) is 0.0927. The van der Waals surface area contributed by atoms with Gasteiger partial charge in [0.05, 0.1) is 12.9 Å². The number of rotatable bonds is 11. The number of thioether (sulfide) groups is 1. The van der Waals surface area contributed by atoms with E-state index in [9.17, 15) is 47.4 Å². The van der Waals surface area contributed by atoms with E-state index in [0.29, 0.717) is 5.75 Å². The van der Waals surface area contributed by atoms with Crippen molar-refractivity contribution < 1.29 is 65.8 Å². The molecule has 3 rings (SSSR count). The van der Waals surface area contributed by atoms with Crippen molar-refractivity contribution in [1.82, 2.24) is 38.0 Å². The lowest BCUT2D eigenvalue weighted by atomic mass is 10.1. The number of nitrogen functional groups attached to an aromatic ring is 1. The average molecular weight is 666 g/mol. The third-order valence-electron chi connectivity index (χ3n) is 4.75. The summed E-state index contributed by atoms with van der Waals surface area (Å²) in [5.41, 5.74) is 6.09. The second kappa shape index (κ2) is 13.8. The topological polar surface area (TPSA) is 388 Å². The van der Waals surface area contributed by atoms with Crippen molar-refractivity contribution in [2.24, 2.45) is 0 Å². The minimum absolute atomic E-state index is 0. The molecule has 1 saturated heterocycles. The Morgan fingerprint density at radius 3 is 2.33 bits per heavy atom. The molecule has 3 heterocycles. The number of alkyl halides is 2. The minimum atomic E-state index is -7.13. The molecule has 1 aliphatic heterocycles. The zero-order chi connectivity index (χ0) is 28.0. The molecule has 0 aromatic carbocycles. The Hall–Kier alpha value is -1.23. The summed E-state index contributed by atoms with van der Waals surface area (Å²) >= 11 is 1.27. The lowest BCUT2D eigenvalue weighted by Gasteiger charge is -2.39. The molecule has 2 aromatic heterocycles. The summed E-state index contributed by atoms with van der Waals surface area (Å²) in [5, 5.41) is 15.0. The van der Waals surface area contributed by atoms with Gasteiger partial charge in [0.2, 0.25) is 15.2 Å². The van der Waals surface area contributed by atoms with Gasteiger partial charge in [-0.15, -0.1) is 0 Å². The predicted molar refractivity (Wildman–Crippen MR) is 132 cm³/mol. The first kappa shape index (κ1) is 38.8. The highest BCUT2D eigenvalue weighted by atomic mass is 32.2. The molecule has 0 bridgehead atoms. The number of quaternary nitrogens is 3. The first-order chi connectivity index (χ1) is 16.9. The highest BCUT2D eigenvalue weighted by Crippen LogP contribution is 2.73. The van der Waals surface area contributed by atoms with Crippen molar-refractivity contribution in [2.45, 2.75) is 48.4 Å². The van der Waals surface area contributed by atoms with E-state index >= 15 is 0 Å². The molecule has 234 valence electrons. The molecule has 0 amide bonds. The van der Waals surface area contributed by atoms with Crippen LogP contribution in [0.1, 0.15) is 19.6 Å². The van der Waals surface area contributed by atoms with Crippen molar-refractivity contribution in [3.63, 3.8) is 0 Å². The number of aliphatic hydroxyl groups excluding tert-OH is 2. The fourth-order valence-electron chi connectivity index (χ4n) is 2.98. The molecule has 1 fully saturated rings. The fourth-order valence-corrected chi connectivity index (χ4v) is 7.21. The molecule has 0 saturated carbocycles. The van der Waals surface area contributed by atoms with E-state index in [1.807, 2.05) is 6.92 Å². The molecule has 2 aromatic rings. The maximum atomic E-state index is 13.4. The molecule has 3 unspecified atom stereocenters. The highest BCUT2D eigenvalue weighted by molar-refractivity contribution is 7.99. The molecular formula is C14H31F2N8O12P3S. The fraction of sp³-hybridized carbons (Fsp3) is 0.643. The van der Waals surface area contributed by atoms with Gasteiger partial charge < -0.3 is 72.4 Å². The van der Waals surface area contributed by atoms with Crippen LogP contribution in [0.25, 0.3) is 11.2 Å². The van der Waals surface area contributed by atoms with Crippen LogP contribution >= 0.6 is 34.8 Å². The van der Waals surface area contributed by atoms with Crippen molar-refractivity contribution in [3.8, 4) is 0 Å². The normalized spacial score (nSPS) is 25.5. The first-order valence-corrected chi connectivity index (χ1v) is 15.5. The molecule has 7 atom stereocenters. The number of nitrogens with zero attached hydrogens (tertiary/aromatic N) is 4. The van der Waals surface area contributed by atoms with Gasteiger partial charge >= 0.3 is 5.40 Å². The van der Waals surface area contributed by atoms with E-state index in [2.05, 4.69) is 23.8 Å². The maximum absolute atomic E-state index is 13.4. The average Bonchev–Trinajstić information content (AvgIpc) is 3.31. The van der Waals surface area contributed by atoms with Crippen LogP contribution in [0.5, 0.6) is 0 Å². The van der Waals surface area contributed by atoms with Gasteiger partial charge in [-0.3, -0.25) is 13.4 Å². The number of phosphoric ester groups is 1. The van der Waals surface area contributed by atoms with E-state index in [-0.39, 0.29) is 40.6 Å². The Labute approximate surface area is 228 Å². The lowest BCUT2D eigenvalue weighted by molar-refractivity contribution is -0.246. The summed E-state index contributed by atoms with van der Waals surface area (Å²) in [6, 6.07) is 0. The van der Waals surface area contributed by atoms with E-state index < -0.39 is 59.6 Å². The Morgan fingerprint density at radius 1 is 1.18 bits per heavy atom. The molecule has 0 radical (unpaired) electrons. The third-order valence-corrected chi connectivity index (χ3v) is 10.8. The Balaban J connectivity index is 0.00000507. The molecule has 40 heavy (non-hydrogen) atoms. The minimum Gasteiger partial charge on any atom is -0.774 e. The number of ether oxygens (including phenoxy) is 1. The molecule has 26 heteroatoms. The number of anilines is 1. The predicted octanol–water partition coefficient (Wildman–Crippen LogP) is -0.191. The van der Waals surface area contributed by atoms with Crippen LogP contribution in [0, 0.1) is 0 Å². The van der Waals surface area contributed by atoms with E-state index in [1.54, 1.807) is 0 Å². The van der Waals surface area contributed by atoms with Crippen LogP contribution in [0.2, 0.25) is 0 Å². The van der Waals surface area contributed by atoms with Gasteiger partial charge in [-0.25, -0.2) is 15.0 Å². The van der Waals surface area contributed by atoms with E-state index in [0.717, 1.165) is 17.3 Å². The monoisotopic (exact) mass is 666 g/mol. The molecular weight excluding hydrogens is 635 g/mol. The Kier molecular flexibility index (Phi) is 13.4. The van der Waals surface area contributed by atoms with Crippen molar-refractivity contribution >= 4 is 51.8 Å². The Bertz CT molecular complexity index is 1300. The van der Waals surface area contributed by atoms with Crippen molar-refractivity contribution in [3.05, 3.63) is 6.33 Å². The van der Waals surface area contributed by atoms with Crippen LogP contribution in [0.4, 0.5) is 14.6 Å². The van der Waals surface area contributed by atoms with Crippen LogP contribution < -0.4 is 38.9 Å². The maximum Gasteiger partial charge on any atom is 0.368 e. The van der Waals surface area contributed by atoms with Gasteiger partial charge in [0.15, 0.2) is 22.8 Å². The SMILES string of the molecule is CCCSc1nc(N)c2ncn([C@@H]3O[C@H](COP(=O)([O-])OP(=O)([O-])C(F)(F)P(=O)([O-])O)[C@@H](O)[C@H]3O)c2n1.[NH4+].[NH4+].[NH4+]. The number of hydrogen-bond donors (Lipinski definition) is 7. The number of hydrogen-bond acceptors (Lipinski definition) is 16. The number of fused-ring (bicyclic) bond motifs is 1. The summed E-state index contributed by atoms with van der Waals surface area (Å²) in [5.74, 6) is 0.660. The number of phosphoric acid groups is 1. The molecule has 17 N–H and O–H groups in total. The van der Waals surface area contributed by atoms with E-state index in [1.165, 1.54) is 11.8 Å². The van der Waals surface area contributed by atoms with Crippen molar-refractivity contribution in [1.29, 1.82) is 0 Å². The Morgan fingerprint density at radius 2 is 1.77 bits per heavy atom. The summed E-state index contributed by atoms with van der Waals surface area (Å²) in [6.45, 7) is 0.657. The second-order valence-electron chi connectivity index (χ2n) is 7.46. The van der Waals surface area contributed by atoms with E-state index in [4.69, 9.17) is 15.4 Å². The molecule has 0 aliphatic carbocycles. The number of aliphatic hydroxyl groups is 2. The molecule has 0 spiro atoms. The smallest absolute Gasteiger partial charge is 0.368 e. The van der Waals surface area contributed by atoms with Crippen LogP contribution in [0.15, 0.2) is 11.5 Å². The highest BCUT2D eigenvalue weighted by Gasteiger charge is 2.54. The first-order valence-electron chi connectivity index (χ1n) is 9.96. The third kappa shape index (κ3) is 7.78. The zero-order valence-corrected chi connectivity index (χ0v) is 24.9. The van der Waals surface area contributed by atoms with Crippen molar-refractivity contribution in [2.75, 3.05) is 18.1 Å². The largest absolute Gasteiger partial charge is 0.774 e. The summed E-state index contributed by atoms with van der Waals surface area (Å²) < 4.78 is 74.4. The van der Waals surface area contributed by atoms with Gasteiger partial charge in [-0.1, -0.05) is 18.7 Å². The number of halogens is 2. The van der Waals surface area contributed by atoms with Gasteiger partial charge in [0, 0.05) is 5.75 Å². The van der Waals surface area contributed by atoms with Gasteiger partial charge in [-0.05, 0) is 6.42 Å². The summed E-state index contributed by atoms with van der Waals surface area (Å²) in [7, 11) is -20.3. The number of aromatic nitrogens is 4.